The van der Waals surface area contributed by atoms with Crippen LogP contribution in [0.1, 0.15) is 18.2 Å². The van der Waals surface area contributed by atoms with Crippen LogP contribution in [0.2, 0.25) is 4.34 Å². The molecule has 6 heteroatoms. The summed E-state index contributed by atoms with van der Waals surface area (Å²) in [4.78, 5) is 11.7. The van der Waals surface area contributed by atoms with Gasteiger partial charge in [-0.3, -0.25) is 4.57 Å². The minimum atomic E-state index is 0.449. The van der Waals surface area contributed by atoms with Crippen LogP contribution >= 0.6 is 22.9 Å². The predicted octanol–water partition coefficient (Wildman–Crippen LogP) is 3.55. The van der Waals surface area contributed by atoms with Crippen molar-refractivity contribution in [2.24, 2.45) is 0 Å². The van der Waals surface area contributed by atoms with Crippen LogP contribution in [0, 0.1) is 0 Å². The molecule has 0 saturated carbocycles. The summed E-state index contributed by atoms with van der Waals surface area (Å²) in [5.74, 6) is 1.55. The van der Waals surface area contributed by atoms with Crippen LogP contribution in [0.15, 0.2) is 30.5 Å². The van der Waals surface area contributed by atoms with E-state index in [4.69, 9.17) is 16.6 Å². The fourth-order valence-electron chi connectivity index (χ4n) is 2.99. The van der Waals surface area contributed by atoms with Crippen molar-refractivity contribution >= 4 is 34.1 Å². The third-order valence-corrected chi connectivity index (χ3v) is 5.19. The van der Waals surface area contributed by atoms with E-state index in [0.717, 1.165) is 45.8 Å². The zero-order valence-corrected chi connectivity index (χ0v) is 13.2. The molecule has 0 radical (unpaired) electrons. The van der Waals surface area contributed by atoms with Crippen molar-refractivity contribution in [3.63, 3.8) is 0 Å². The zero-order valence-electron chi connectivity index (χ0n) is 11.7. The first-order valence-corrected chi connectivity index (χ1v) is 8.19. The molecular weight excluding hydrogens is 304 g/mol. The van der Waals surface area contributed by atoms with E-state index >= 15 is 0 Å². The maximum absolute atomic E-state index is 6.12. The van der Waals surface area contributed by atoms with Gasteiger partial charge in [0.25, 0.3) is 0 Å². The van der Waals surface area contributed by atoms with Gasteiger partial charge in [-0.1, -0.05) is 11.6 Å². The smallest absolute Gasteiger partial charge is 0.165 e. The molecule has 0 spiro atoms. The molecule has 1 fully saturated rings. The topological polar surface area (TPSA) is 34.0 Å². The first-order chi connectivity index (χ1) is 10.2. The summed E-state index contributed by atoms with van der Waals surface area (Å²) < 4.78 is 2.97. The highest BCUT2D eigenvalue weighted by Gasteiger charge is 2.27. The quantitative estimate of drug-likeness (QED) is 0.724. The largest absolute Gasteiger partial charge is 0.306 e. The Kier molecular flexibility index (Phi) is 3.21. The van der Waals surface area contributed by atoms with Crippen LogP contribution in [-0.2, 0) is 0 Å². The fourth-order valence-corrected chi connectivity index (χ4v) is 4.04. The van der Waals surface area contributed by atoms with E-state index in [0.29, 0.717) is 5.92 Å². The number of thiophene rings is 1. The number of imidazole rings is 1. The average molecular weight is 319 g/mol. The summed E-state index contributed by atoms with van der Waals surface area (Å²) in [6.07, 6.45) is 2.96. The van der Waals surface area contributed by atoms with Crippen molar-refractivity contribution in [1.29, 1.82) is 0 Å². The molecule has 4 nitrogen and oxygen atoms in total. The standard InChI is InChI=1S/C15H15ClN4S/c1-19-8-6-10(9-19)14-18-11-3-2-7-17-15(11)20(14)13-5-4-12(16)21-13/h2-5,7,10H,6,8-9H2,1H3. The molecule has 0 N–H and O–H groups in total. The SMILES string of the molecule is CN1CCC(c2nc3cccnc3n2-c2ccc(Cl)s2)C1. The summed E-state index contributed by atoms with van der Waals surface area (Å²) in [6.45, 7) is 2.16. The van der Waals surface area contributed by atoms with Gasteiger partial charge in [0.15, 0.2) is 5.65 Å². The summed E-state index contributed by atoms with van der Waals surface area (Å²) in [5, 5.41) is 1.09. The van der Waals surface area contributed by atoms with Crippen molar-refractivity contribution in [3.05, 3.63) is 40.6 Å². The van der Waals surface area contributed by atoms with Crippen molar-refractivity contribution in [2.45, 2.75) is 12.3 Å². The van der Waals surface area contributed by atoms with E-state index in [-0.39, 0.29) is 0 Å². The number of halogens is 1. The number of hydrogen-bond donors (Lipinski definition) is 0. The maximum Gasteiger partial charge on any atom is 0.165 e. The van der Waals surface area contributed by atoms with E-state index in [9.17, 15) is 0 Å². The lowest BCUT2D eigenvalue weighted by Crippen LogP contribution is -2.15. The van der Waals surface area contributed by atoms with E-state index in [1.807, 2.05) is 30.5 Å². The van der Waals surface area contributed by atoms with E-state index in [1.165, 1.54) is 0 Å². The first-order valence-electron chi connectivity index (χ1n) is 7.00. The van der Waals surface area contributed by atoms with Crippen molar-refractivity contribution in [1.82, 2.24) is 19.4 Å². The van der Waals surface area contributed by atoms with E-state index in [1.54, 1.807) is 11.3 Å². The molecule has 21 heavy (non-hydrogen) atoms. The van der Waals surface area contributed by atoms with Gasteiger partial charge in [-0.2, -0.15) is 0 Å². The highest BCUT2D eigenvalue weighted by molar-refractivity contribution is 7.18. The summed E-state index contributed by atoms with van der Waals surface area (Å²) in [5.41, 5.74) is 1.87. The molecule has 0 amide bonds. The lowest BCUT2D eigenvalue weighted by molar-refractivity contribution is 0.409. The Morgan fingerprint density at radius 2 is 2.24 bits per heavy atom. The molecule has 1 atom stereocenters. The number of fused-ring (bicyclic) bond motifs is 1. The second kappa shape index (κ2) is 5.09. The van der Waals surface area contributed by atoms with Crippen LogP contribution in [0.3, 0.4) is 0 Å². The molecule has 1 aliphatic rings. The van der Waals surface area contributed by atoms with Crippen LogP contribution in [0.25, 0.3) is 16.2 Å². The summed E-state index contributed by atoms with van der Waals surface area (Å²) in [6, 6.07) is 7.94. The van der Waals surface area contributed by atoms with Crippen LogP contribution in [-0.4, -0.2) is 39.6 Å². The second-order valence-electron chi connectivity index (χ2n) is 5.48. The lowest BCUT2D eigenvalue weighted by Gasteiger charge is -2.12. The number of likely N-dealkylation sites (tertiary alicyclic amines) is 1. The first kappa shape index (κ1) is 13.2. The summed E-state index contributed by atoms with van der Waals surface area (Å²) >= 11 is 7.69. The number of likely N-dealkylation sites (N-methyl/N-ethyl adjacent to an activating group) is 1. The highest BCUT2D eigenvalue weighted by Crippen LogP contribution is 2.34. The molecule has 0 aliphatic carbocycles. The minimum absolute atomic E-state index is 0.449. The average Bonchev–Trinajstić information content (AvgIpc) is 3.16. The molecule has 0 bridgehead atoms. The van der Waals surface area contributed by atoms with Gasteiger partial charge in [-0.25, -0.2) is 9.97 Å². The molecule has 1 unspecified atom stereocenters. The van der Waals surface area contributed by atoms with Gasteiger partial charge in [0.2, 0.25) is 0 Å². The van der Waals surface area contributed by atoms with Gasteiger partial charge in [0.1, 0.15) is 16.3 Å². The predicted molar refractivity (Wildman–Crippen MR) is 86.6 cm³/mol. The number of pyridine rings is 1. The number of nitrogens with zero attached hydrogens (tertiary/aromatic N) is 4. The molecule has 1 aliphatic heterocycles. The van der Waals surface area contributed by atoms with Gasteiger partial charge in [-0.05, 0) is 44.3 Å². The zero-order chi connectivity index (χ0) is 14.4. The Hall–Kier alpha value is -1.43. The van der Waals surface area contributed by atoms with E-state index in [2.05, 4.69) is 21.5 Å². The maximum atomic E-state index is 6.12. The van der Waals surface area contributed by atoms with Crippen LogP contribution in [0.4, 0.5) is 0 Å². The lowest BCUT2D eigenvalue weighted by atomic mass is 10.1. The fraction of sp³-hybridized carbons (Fsp3) is 0.333. The Balaban J connectivity index is 1.93. The number of hydrogen-bond acceptors (Lipinski definition) is 4. The number of aromatic nitrogens is 3. The van der Waals surface area contributed by atoms with Gasteiger partial charge < -0.3 is 4.90 Å². The van der Waals surface area contributed by atoms with Crippen molar-refractivity contribution in [2.75, 3.05) is 20.1 Å². The third-order valence-electron chi connectivity index (χ3n) is 3.98. The molecule has 3 aromatic heterocycles. The van der Waals surface area contributed by atoms with Crippen molar-refractivity contribution in [3.8, 4) is 5.00 Å². The third kappa shape index (κ3) is 2.25. The monoisotopic (exact) mass is 318 g/mol. The molecule has 4 rings (SSSR count). The Morgan fingerprint density at radius 1 is 1.33 bits per heavy atom. The van der Waals surface area contributed by atoms with Gasteiger partial charge in [0.05, 0.1) is 4.34 Å². The summed E-state index contributed by atoms with van der Waals surface area (Å²) in [7, 11) is 2.16. The minimum Gasteiger partial charge on any atom is -0.306 e. The molecule has 4 heterocycles. The van der Waals surface area contributed by atoms with Crippen LogP contribution < -0.4 is 0 Å². The highest BCUT2D eigenvalue weighted by atomic mass is 35.5. The molecule has 3 aromatic rings. The second-order valence-corrected chi connectivity index (χ2v) is 7.17. The van der Waals surface area contributed by atoms with Gasteiger partial charge in [-0.15, -0.1) is 11.3 Å². The normalized spacial score (nSPS) is 19.6. The van der Waals surface area contributed by atoms with Gasteiger partial charge in [0, 0.05) is 18.7 Å². The van der Waals surface area contributed by atoms with Crippen LogP contribution in [0.5, 0.6) is 0 Å². The Morgan fingerprint density at radius 3 is 2.95 bits per heavy atom. The Labute approximate surface area is 132 Å². The van der Waals surface area contributed by atoms with E-state index < -0.39 is 0 Å². The Bertz CT molecular complexity index is 794. The molecule has 108 valence electrons. The molecular formula is C15H15ClN4S. The molecule has 1 saturated heterocycles. The number of rotatable bonds is 2. The van der Waals surface area contributed by atoms with Crippen molar-refractivity contribution < 1.29 is 0 Å². The molecule has 0 aromatic carbocycles. The van der Waals surface area contributed by atoms with Gasteiger partial charge >= 0.3 is 0 Å².